The van der Waals surface area contributed by atoms with Gasteiger partial charge in [0.2, 0.25) is 0 Å². The minimum Gasteiger partial charge on any atom is -0.313 e. The van der Waals surface area contributed by atoms with E-state index in [-0.39, 0.29) is 16.8 Å². The van der Waals surface area contributed by atoms with Crippen molar-refractivity contribution in [1.29, 1.82) is 0 Å². The number of likely N-dealkylation sites (N-methyl/N-ethyl adjacent to an activating group) is 1. The van der Waals surface area contributed by atoms with Crippen molar-refractivity contribution < 1.29 is 12.8 Å². The summed E-state index contributed by atoms with van der Waals surface area (Å²) in [6, 6.07) is 13.3. The van der Waals surface area contributed by atoms with Crippen LogP contribution in [-0.2, 0) is 16.3 Å². The van der Waals surface area contributed by atoms with Gasteiger partial charge in [0, 0.05) is 12.3 Å². The van der Waals surface area contributed by atoms with Crippen molar-refractivity contribution in [2.75, 3.05) is 13.3 Å². The van der Waals surface area contributed by atoms with E-state index >= 15 is 0 Å². The summed E-state index contributed by atoms with van der Waals surface area (Å²) >= 11 is 0. The third kappa shape index (κ3) is 3.89. The van der Waals surface area contributed by atoms with E-state index in [1.54, 1.807) is 49.5 Å². The molecule has 112 valence electrons. The van der Waals surface area contributed by atoms with Crippen LogP contribution in [0.3, 0.4) is 0 Å². The Balaban J connectivity index is 2.24. The van der Waals surface area contributed by atoms with E-state index in [0.29, 0.717) is 12.0 Å². The molecule has 1 unspecified atom stereocenters. The quantitative estimate of drug-likeness (QED) is 0.924. The first kappa shape index (κ1) is 15.7. The van der Waals surface area contributed by atoms with Crippen molar-refractivity contribution in [2.24, 2.45) is 0 Å². The third-order valence-electron chi connectivity index (χ3n) is 3.44. The Morgan fingerprint density at radius 2 is 1.71 bits per heavy atom. The lowest BCUT2D eigenvalue weighted by Gasteiger charge is -2.17. The third-order valence-corrected chi connectivity index (χ3v) is 4.57. The zero-order valence-electron chi connectivity index (χ0n) is 12.0. The van der Waals surface area contributed by atoms with Crippen LogP contribution < -0.4 is 5.32 Å². The monoisotopic (exact) mass is 307 g/mol. The molecule has 0 saturated carbocycles. The summed E-state index contributed by atoms with van der Waals surface area (Å²) in [5.41, 5.74) is 1.55. The fourth-order valence-corrected chi connectivity index (χ4v) is 2.85. The van der Waals surface area contributed by atoms with Crippen molar-refractivity contribution in [3.05, 3.63) is 65.5 Å². The molecule has 2 aromatic carbocycles. The minimum absolute atomic E-state index is 0.0736. The number of halogens is 1. The summed E-state index contributed by atoms with van der Waals surface area (Å²) in [7, 11) is -1.40. The van der Waals surface area contributed by atoms with Crippen LogP contribution in [0.2, 0.25) is 0 Å². The van der Waals surface area contributed by atoms with Gasteiger partial charge in [0.25, 0.3) is 0 Å². The molecule has 0 aliphatic carbocycles. The maximum atomic E-state index is 13.7. The second-order valence-corrected chi connectivity index (χ2v) is 6.99. The molecule has 21 heavy (non-hydrogen) atoms. The second kappa shape index (κ2) is 6.37. The maximum absolute atomic E-state index is 13.7. The molecule has 3 nitrogen and oxygen atoms in total. The second-order valence-electron chi connectivity index (χ2n) is 4.98. The fourth-order valence-electron chi connectivity index (χ4n) is 2.22. The maximum Gasteiger partial charge on any atom is 0.175 e. The summed E-state index contributed by atoms with van der Waals surface area (Å²) in [6.45, 7) is 0. The Morgan fingerprint density at radius 1 is 1.10 bits per heavy atom. The molecule has 0 amide bonds. The fraction of sp³-hybridized carbons (Fsp3) is 0.250. The van der Waals surface area contributed by atoms with Gasteiger partial charge in [-0.25, -0.2) is 12.8 Å². The van der Waals surface area contributed by atoms with E-state index in [1.165, 1.54) is 12.3 Å². The van der Waals surface area contributed by atoms with Crippen LogP contribution >= 0.6 is 0 Å². The SMILES string of the molecule is CNC(Cc1ccccc1F)c1ccc(S(C)(=O)=O)cc1. The molecule has 0 aliphatic heterocycles. The molecule has 0 heterocycles. The normalized spacial score (nSPS) is 13.1. The van der Waals surface area contributed by atoms with E-state index in [2.05, 4.69) is 5.32 Å². The van der Waals surface area contributed by atoms with Crippen LogP contribution in [0.15, 0.2) is 53.4 Å². The van der Waals surface area contributed by atoms with Crippen LogP contribution in [0, 0.1) is 5.82 Å². The largest absolute Gasteiger partial charge is 0.313 e. The number of benzene rings is 2. The van der Waals surface area contributed by atoms with Crippen molar-refractivity contribution in [2.45, 2.75) is 17.4 Å². The van der Waals surface area contributed by atoms with Gasteiger partial charge in [-0.3, -0.25) is 0 Å². The highest BCUT2D eigenvalue weighted by molar-refractivity contribution is 7.90. The number of rotatable bonds is 5. The summed E-state index contributed by atoms with van der Waals surface area (Å²) in [5.74, 6) is -0.231. The molecule has 0 aromatic heterocycles. The number of hydrogen-bond acceptors (Lipinski definition) is 3. The van der Waals surface area contributed by atoms with E-state index in [0.717, 1.165) is 5.56 Å². The van der Waals surface area contributed by atoms with Crippen molar-refractivity contribution in [1.82, 2.24) is 5.32 Å². The van der Waals surface area contributed by atoms with E-state index in [4.69, 9.17) is 0 Å². The molecular formula is C16H18FNO2S. The highest BCUT2D eigenvalue weighted by Gasteiger charge is 2.14. The van der Waals surface area contributed by atoms with Crippen LogP contribution in [0.4, 0.5) is 4.39 Å². The summed E-state index contributed by atoms with van der Waals surface area (Å²) in [4.78, 5) is 0.284. The van der Waals surface area contributed by atoms with Gasteiger partial charge in [0.1, 0.15) is 5.82 Å². The molecule has 1 atom stereocenters. The van der Waals surface area contributed by atoms with Crippen molar-refractivity contribution in [3.63, 3.8) is 0 Å². The van der Waals surface area contributed by atoms with Crippen molar-refractivity contribution in [3.8, 4) is 0 Å². The molecule has 0 aliphatic rings. The minimum atomic E-state index is -3.20. The first-order valence-electron chi connectivity index (χ1n) is 6.62. The van der Waals surface area contributed by atoms with Gasteiger partial charge in [-0.05, 0) is 42.8 Å². The summed E-state index contributed by atoms with van der Waals surface area (Å²) < 4.78 is 36.6. The Hall–Kier alpha value is -1.72. The molecular weight excluding hydrogens is 289 g/mol. The van der Waals surface area contributed by atoms with Gasteiger partial charge < -0.3 is 5.32 Å². The highest BCUT2D eigenvalue weighted by Crippen LogP contribution is 2.21. The lowest BCUT2D eigenvalue weighted by Crippen LogP contribution is -2.19. The zero-order valence-corrected chi connectivity index (χ0v) is 12.8. The number of hydrogen-bond donors (Lipinski definition) is 1. The molecule has 2 rings (SSSR count). The van der Waals surface area contributed by atoms with Gasteiger partial charge in [-0.1, -0.05) is 30.3 Å². The van der Waals surface area contributed by atoms with Gasteiger partial charge in [-0.15, -0.1) is 0 Å². The molecule has 5 heteroatoms. The first-order chi connectivity index (χ1) is 9.91. The van der Waals surface area contributed by atoms with Crippen molar-refractivity contribution >= 4 is 9.84 Å². The van der Waals surface area contributed by atoms with Crippen LogP contribution in [0.25, 0.3) is 0 Å². The standard InChI is InChI=1S/C16H18FNO2S/c1-18-16(11-13-5-3-4-6-15(13)17)12-7-9-14(10-8-12)21(2,19)20/h3-10,16,18H,11H2,1-2H3. The average molecular weight is 307 g/mol. The Bertz CT molecular complexity index is 711. The van der Waals surface area contributed by atoms with Crippen LogP contribution in [0.5, 0.6) is 0 Å². The molecule has 0 saturated heterocycles. The predicted octanol–water partition coefficient (Wildman–Crippen LogP) is 2.73. The zero-order chi connectivity index (χ0) is 15.5. The topological polar surface area (TPSA) is 46.2 Å². The molecule has 1 N–H and O–H groups in total. The summed E-state index contributed by atoms with van der Waals surface area (Å²) in [5, 5.41) is 3.14. The highest BCUT2D eigenvalue weighted by atomic mass is 32.2. The molecule has 0 fully saturated rings. The molecule has 0 radical (unpaired) electrons. The summed E-state index contributed by atoms with van der Waals surface area (Å²) in [6.07, 6.45) is 1.68. The van der Waals surface area contributed by atoms with Gasteiger partial charge in [0.15, 0.2) is 9.84 Å². The van der Waals surface area contributed by atoms with E-state index in [9.17, 15) is 12.8 Å². The average Bonchev–Trinajstić information content (AvgIpc) is 2.46. The molecule has 0 bridgehead atoms. The predicted molar refractivity (Wildman–Crippen MR) is 81.5 cm³/mol. The first-order valence-corrected chi connectivity index (χ1v) is 8.51. The lowest BCUT2D eigenvalue weighted by molar-refractivity contribution is 0.554. The van der Waals surface area contributed by atoms with Gasteiger partial charge in [0.05, 0.1) is 4.90 Å². The van der Waals surface area contributed by atoms with Gasteiger partial charge >= 0.3 is 0 Å². The molecule has 2 aromatic rings. The Kier molecular flexibility index (Phi) is 4.75. The Labute approximate surface area is 124 Å². The smallest absolute Gasteiger partial charge is 0.175 e. The van der Waals surface area contributed by atoms with Gasteiger partial charge in [-0.2, -0.15) is 0 Å². The van der Waals surface area contributed by atoms with Crippen LogP contribution in [-0.4, -0.2) is 21.7 Å². The van der Waals surface area contributed by atoms with E-state index in [1.807, 2.05) is 0 Å². The Morgan fingerprint density at radius 3 is 2.24 bits per heavy atom. The molecule has 0 spiro atoms. The lowest BCUT2D eigenvalue weighted by atomic mass is 9.99. The number of sulfone groups is 1. The van der Waals surface area contributed by atoms with Crippen LogP contribution in [0.1, 0.15) is 17.2 Å². The van der Waals surface area contributed by atoms with E-state index < -0.39 is 9.84 Å². The number of nitrogens with one attached hydrogen (secondary N) is 1.